The number of hydrogen-bond acceptors (Lipinski definition) is 2. The van der Waals surface area contributed by atoms with Gasteiger partial charge in [0, 0.05) is 16.3 Å². The van der Waals surface area contributed by atoms with E-state index in [0.717, 1.165) is 21.2 Å². The molecule has 0 radical (unpaired) electrons. The molecule has 2 fully saturated rings. The molecule has 6 rings (SSSR count). The highest BCUT2D eigenvalue weighted by Crippen LogP contribution is 2.58. The van der Waals surface area contributed by atoms with Crippen LogP contribution in [-0.2, 0) is 9.59 Å². The van der Waals surface area contributed by atoms with E-state index in [1.807, 2.05) is 24.3 Å². The van der Waals surface area contributed by atoms with Gasteiger partial charge in [0.25, 0.3) is 0 Å². The first kappa shape index (κ1) is 21.3. The molecule has 4 heteroatoms. The lowest BCUT2D eigenvalue weighted by molar-refractivity contribution is -0.122. The summed E-state index contributed by atoms with van der Waals surface area (Å²) < 4.78 is 0.920. The zero-order valence-corrected chi connectivity index (χ0v) is 20.6. The number of benzene rings is 3. The Morgan fingerprint density at radius 3 is 1.56 bits per heavy atom. The van der Waals surface area contributed by atoms with Crippen LogP contribution in [0.25, 0.3) is 5.57 Å². The Kier molecular flexibility index (Phi) is 4.96. The smallest absolute Gasteiger partial charge is 0.238 e. The van der Waals surface area contributed by atoms with Crippen molar-refractivity contribution >= 4 is 39.0 Å². The highest BCUT2D eigenvalue weighted by Gasteiger charge is 2.62. The second-order valence-corrected chi connectivity index (χ2v) is 10.5. The topological polar surface area (TPSA) is 37.4 Å². The van der Waals surface area contributed by atoms with E-state index in [2.05, 4.69) is 90.5 Å². The molecule has 1 aliphatic heterocycles. The first-order chi connectivity index (χ1) is 16.4. The van der Waals surface area contributed by atoms with Crippen LogP contribution in [0.3, 0.4) is 0 Å². The Morgan fingerprint density at radius 2 is 1.12 bits per heavy atom. The second-order valence-electron chi connectivity index (χ2n) is 9.54. The number of aryl methyl sites for hydroxylation is 2. The van der Waals surface area contributed by atoms with Gasteiger partial charge in [-0.2, -0.15) is 0 Å². The normalized spacial score (nSPS) is 24.8. The summed E-state index contributed by atoms with van der Waals surface area (Å²) >= 11 is 3.43. The molecule has 1 heterocycles. The van der Waals surface area contributed by atoms with Crippen molar-refractivity contribution in [3.63, 3.8) is 0 Å². The maximum absolute atomic E-state index is 13.6. The van der Waals surface area contributed by atoms with Crippen LogP contribution < -0.4 is 4.90 Å². The van der Waals surface area contributed by atoms with Gasteiger partial charge in [-0.1, -0.05) is 87.7 Å². The standard InChI is InChI=1S/C30H24BrNO2/c1-17-3-7-19(8-4-17)25(20-9-5-18(2)6-10-20)26-23-15-16-24(26)28-27(23)29(33)32(30(28)34)22-13-11-21(31)12-14-22/h3-16,23-24,27-28H,1-2H3/t23-,24-,27-,28+/m1/s1. The maximum atomic E-state index is 13.6. The number of anilines is 1. The molecule has 0 aromatic heterocycles. The van der Waals surface area contributed by atoms with Crippen LogP contribution in [0.5, 0.6) is 0 Å². The number of carbonyl (C=O) groups excluding carboxylic acids is 2. The minimum atomic E-state index is -0.341. The van der Waals surface area contributed by atoms with Crippen LogP contribution in [0.4, 0.5) is 5.69 Å². The summed E-state index contributed by atoms with van der Waals surface area (Å²) in [6.07, 6.45) is 4.31. The fourth-order valence-corrected chi connectivity index (χ4v) is 6.15. The van der Waals surface area contributed by atoms with Gasteiger partial charge >= 0.3 is 0 Å². The molecule has 0 N–H and O–H groups in total. The predicted molar refractivity (Wildman–Crippen MR) is 138 cm³/mol. The van der Waals surface area contributed by atoms with Crippen molar-refractivity contribution in [3.8, 4) is 0 Å². The number of fused-ring (bicyclic) bond motifs is 5. The van der Waals surface area contributed by atoms with Gasteiger partial charge in [-0.3, -0.25) is 9.59 Å². The Hall–Kier alpha value is -3.24. The van der Waals surface area contributed by atoms with E-state index < -0.39 is 0 Å². The number of allylic oxidation sites excluding steroid dienone is 3. The Labute approximate surface area is 207 Å². The minimum Gasteiger partial charge on any atom is -0.274 e. The third-order valence-corrected chi connectivity index (χ3v) is 8.00. The molecular formula is C30H24BrNO2. The van der Waals surface area contributed by atoms with Crippen molar-refractivity contribution in [2.24, 2.45) is 23.7 Å². The lowest BCUT2D eigenvalue weighted by Gasteiger charge is -2.22. The zero-order valence-electron chi connectivity index (χ0n) is 19.0. The quantitative estimate of drug-likeness (QED) is 0.299. The number of halogens is 1. The van der Waals surface area contributed by atoms with Gasteiger partial charge in [-0.05, 0) is 60.4 Å². The van der Waals surface area contributed by atoms with Gasteiger partial charge in [0.1, 0.15) is 0 Å². The van der Waals surface area contributed by atoms with Crippen molar-refractivity contribution in [1.29, 1.82) is 0 Å². The number of amides is 2. The van der Waals surface area contributed by atoms with E-state index in [-0.39, 0.29) is 35.5 Å². The molecule has 3 aliphatic rings. The molecule has 1 saturated carbocycles. The zero-order chi connectivity index (χ0) is 23.6. The Balaban J connectivity index is 1.48. The van der Waals surface area contributed by atoms with E-state index >= 15 is 0 Å². The van der Waals surface area contributed by atoms with Gasteiger partial charge in [0.05, 0.1) is 17.5 Å². The molecule has 168 valence electrons. The second kappa shape index (κ2) is 7.92. The first-order valence-electron chi connectivity index (χ1n) is 11.6. The average Bonchev–Trinajstić information content (AvgIpc) is 3.47. The SMILES string of the molecule is Cc1ccc(C(=C2[C@H]3C=C[C@H]2[C@H]2C(=O)N(c4ccc(Br)cc4)C(=O)[C@H]23)c2ccc(C)cc2)cc1. The fraction of sp³-hybridized carbons (Fsp3) is 0.200. The third-order valence-electron chi connectivity index (χ3n) is 7.47. The highest BCUT2D eigenvalue weighted by molar-refractivity contribution is 9.10. The summed E-state index contributed by atoms with van der Waals surface area (Å²) in [5.74, 6) is -0.981. The van der Waals surface area contributed by atoms with Crippen LogP contribution in [0.1, 0.15) is 22.3 Å². The summed E-state index contributed by atoms with van der Waals surface area (Å²) in [6.45, 7) is 4.17. The number of imide groups is 1. The van der Waals surface area contributed by atoms with E-state index in [0.29, 0.717) is 5.69 Å². The molecule has 34 heavy (non-hydrogen) atoms. The predicted octanol–water partition coefficient (Wildman–Crippen LogP) is 6.49. The molecule has 2 amide bonds. The van der Waals surface area contributed by atoms with Crippen molar-refractivity contribution in [3.05, 3.63) is 117 Å². The fourth-order valence-electron chi connectivity index (χ4n) is 5.88. The van der Waals surface area contributed by atoms with Crippen molar-refractivity contribution < 1.29 is 9.59 Å². The number of nitrogens with zero attached hydrogens (tertiary/aromatic N) is 1. The van der Waals surface area contributed by atoms with Gasteiger partial charge in [0.2, 0.25) is 11.8 Å². The minimum absolute atomic E-state index is 0.0653. The summed E-state index contributed by atoms with van der Waals surface area (Å²) in [7, 11) is 0. The lowest BCUT2D eigenvalue weighted by Crippen LogP contribution is -2.33. The van der Waals surface area contributed by atoms with Gasteiger partial charge in [-0.15, -0.1) is 0 Å². The van der Waals surface area contributed by atoms with Crippen LogP contribution in [0, 0.1) is 37.5 Å². The molecule has 0 spiro atoms. The maximum Gasteiger partial charge on any atom is 0.238 e. The summed E-state index contributed by atoms with van der Waals surface area (Å²) in [6, 6.07) is 24.5. The molecule has 3 aromatic rings. The van der Waals surface area contributed by atoms with E-state index in [4.69, 9.17) is 0 Å². The molecule has 3 aromatic carbocycles. The van der Waals surface area contributed by atoms with Crippen molar-refractivity contribution in [1.82, 2.24) is 0 Å². The van der Waals surface area contributed by atoms with Gasteiger partial charge in [-0.25, -0.2) is 4.90 Å². The number of rotatable bonds is 3. The first-order valence-corrected chi connectivity index (χ1v) is 12.4. The number of carbonyl (C=O) groups is 2. The molecule has 4 atom stereocenters. The van der Waals surface area contributed by atoms with Gasteiger partial charge in [0.15, 0.2) is 0 Å². The lowest BCUT2D eigenvalue weighted by atomic mass is 9.85. The molecule has 3 nitrogen and oxygen atoms in total. The van der Waals surface area contributed by atoms with Crippen LogP contribution >= 0.6 is 15.9 Å². The van der Waals surface area contributed by atoms with E-state index in [1.54, 1.807) is 0 Å². The summed E-state index contributed by atoms with van der Waals surface area (Å²) in [5, 5.41) is 0. The average molecular weight is 510 g/mol. The highest BCUT2D eigenvalue weighted by atomic mass is 79.9. The van der Waals surface area contributed by atoms with Crippen LogP contribution in [-0.4, -0.2) is 11.8 Å². The van der Waals surface area contributed by atoms with Crippen molar-refractivity contribution in [2.75, 3.05) is 4.90 Å². The Morgan fingerprint density at radius 1 is 0.676 bits per heavy atom. The number of hydrogen-bond donors (Lipinski definition) is 0. The molecule has 1 saturated heterocycles. The monoisotopic (exact) mass is 509 g/mol. The molecule has 0 unspecified atom stereocenters. The van der Waals surface area contributed by atoms with Crippen LogP contribution in [0.2, 0.25) is 0 Å². The van der Waals surface area contributed by atoms with E-state index in [9.17, 15) is 9.59 Å². The van der Waals surface area contributed by atoms with Gasteiger partial charge < -0.3 is 0 Å². The summed E-state index contributed by atoms with van der Waals surface area (Å²) in [4.78, 5) is 28.7. The molecular weight excluding hydrogens is 486 g/mol. The molecule has 2 aliphatic carbocycles. The Bertz CT molecular complexity index is 1290. The summed E-state index contributed by atoms with van der Waals surface area (Å²) in [5.41, 5.74) is 7.69. The largest absolute Gasteiger partial charge is 0.274 e. The molecule has 2 bridgehead atoms. The van der Waals surface area contributed by atoms with E-state index in [1.165, 1.54) is 21.6 Å². The van der Waals surface area contributed by atoms with Crippen molar-refractivity contribution in [2.45, 2.75) is 13.8 Å². The third kappa shape index (κ3) is 3.16. The van der Waals surface area contributed by atoms with Crippen LogP contribution in [0.15, 0.2) is 95.0 Å².